The Balaban J connectivity index is 1.85. The van der Waals surface area contributed by atoms with E-state index in [0.717, 1.165) is 0 Å². The van der Waals surface area contributed by atoms with Crippen LogP contribution >= 0.6 is 11.6 Å². The molecule has 4 rings (SSSR count). The number of hydrogen-bond donors (Lipinski definition) is 2. The number of methoxy groups -OCH3 is 2. The van der Waals surface area contributed by atoms with Crippen molar-refractivity contribution < 1.29 is 28.2 Å². The second kappa shape index (κ2) is 8.59. The van der Waals surface area contributed by atoms with Crippen molar-refractivity contribution in [3.05, 3.63) is 52.3 Å². The molecule has 0 saturated heterocycles. The quantitative estimate of drug-likeness (QED) is 0.638. The van der Waals surface area contributed by atoms with E-state index in [9.17, 15) is 14.0 Å². The van der Waals surface area contributed by atoms with Gasteiger partial charge < -0.3 is 25.3 Å². The molecule has 9 heteroatoms. The second-order valence-electron chi connectivity index (χ2n) is 8.44. The number of Topliss-reactive ketones (excluding diaryl/α,β-unsaturated/α-hetero) is 2. The SMILES string of the molecule is CNC(c1ccccc1F)C1C(=O)[C@@]2(Oc3c(Cl)c(OC)cc(OC)c3C2=O)[C@H](C)CC1N. The minimum Gasteiger partial charge on any atom is -0.496 e. The van der Waals surface area contributed by atoms with Crippen molar-refractivity contribution >= 4 is 23.2 Å². The number of fused-ring (bicyclic) bond motifs is 1. The van der Waals surface area contributed by atoms with Crippen LogP contribution in [0.2, 0.25) is 5.02 Å². The zero-order chi connectivity index (χ0) is 24.1. The molecule has 2 aromatic rings. The third kappa shape index (κ3) is 3.31. The van der Waals surface area contributed by atoms with Crippen molar-refractivity contribution in [1.29, 1.82) is 0 Å². The molecule has 1 fully saturated rings. The molecule has 2 aliphatic rings. The lowest BCUT2D eigenvalue weighted by Gasteiger charge is -2.45. The van der Waals surface area contributed by atoms with Crippen LogP contribution in [0.25, 0.3) is 0 Å². The van der Waals surface area contributed by atoms with E-state index in [1.54, 1.807) is 32.2 Å². The highest BCUT2D eigenvalue weighted by atomic mass is 35.5. The molecule has 1 aliphatic carbocycles. The van der Waals surface area contributed by atoms with E-state index in [1.807, 2.05) is 0 Å². The van der Waals surface area contributed by atoms with Crippen molar-refractivity contribution in [3.8, 4) is 17.2 Å². The minimum absolute atomic E-state index is 0.0409. The minimum atomic E-state index is -1.85. The number of benzene rings is 2. The average Bonchev–Trinajstić information content (AvgIpc) is 3.11. The van der Waals surface area contributed by atoms with Gasteiger partial charge in [-0.3, -0.25) is 9.59 Å². The number of rotatable bonds is 5. The third-order valence-corrected chi connectivity index (χ3v) is 7.14. The first-order valence-corrected chi connectivity index (χ1v) is 11.0. The zero-order valence-electron chi connectivity index (χ0n) is 18.8. The summed E-state index contributed by atoms with van der Waals surface area (Å²) in [5.41, 5.74) is 4.96. The summed E-state index contributed by atoms with van der Waals surface area (Å²) >= 11 is 6.46. The lowest BCUT2D eigenvalue weighted by molar-refractivity contribution is -0.144. The predicted octanol–water partition coefficient (Wildman–Crippen LogP) is 3.32. The smallest absolute Gasteiger partial charge is 0.232 e. The standard InChI is InChI=1S/C24H26ClFN2O5/c1-11-9-14(27)17(20(28-2)12-7-5-6-8-13(12)26)22(29)24(11)23(30)18-15(31-3)10-16(32-4)19(25)21(18)33-24/h5-8,10-11,14,17,20,28H,9,27H2,1-4H3/t11-,14?,17?,20?,24+/m1/s1. The van der Waals surface area contributed by atoms with Crippen LogP contribution in [0.5, 0.6) is 17.2 Å². The summed E-state index contributed by atoms with van der Waals surface area (Å²) in [6.07, 6.45) is 0.305. The van der Waals surface area contributed by atoms with Crippen LogP contribution < -0.4 is 25.3 Å². The Morgan fingerprint density at radius 2 is 1.91 bits per heavy atom. The molecule has 7 nitrogen and oxygen atoms in total. The van der Waals surface area contributed by atoms with E-state index in [0.29, 0.717) is 12.0 Å². The van der Waals surface area contributed by atoms with Gasteiger partial charge >= 0.3 is 0 Å². The van der Waals surface area contributed by atoms with Gasteiger partial charge in [0.25, 0.3) is 0 Å². The summed E-state index contributed by atoms with van der Waals surface area (Å²) in [4.78, 5) is 27.9. The fourth-order valence-electron chi connectivity index (χ4n) is 5.15. The summed E-state index contributed by atoms with van der Waals surface area (Å²) in [6, 6.07) is 6.27. The normalized spacial score (nSPS) is 27.3. The molecule has 1 heterocycles. The maximum Gasteiger partial charge on any atom is 0.232 e. The average molecular weight is 477 g/mol. The van der Waals surface area contributed by atoms with Gasteiger partial charge in [0.15, 0.2) is 11.5 Å². The molecule has 5 atom stereocenters. The third-order valence-electron chi connectivity index (χ3n) is 6.78. The van der Waals surface area contributed by atoms with Gasteiger partial charge in [-0.2, -0.15) is 0 Å². The summed E-state index contributed by atoms with van der Waals surface area (Å²) < 4.78 is 31.5. The van der Waals surface area contributed by atoms with E-state index in [2.05, 4.69) is 5.32 Å². The summed E-state index contributed by atoms with van der Waals surface area (Å²) in [5, 5.41) is 3.09. The largest absolute Gasteiger partial charge is 0.496 e. The molecular formula is C24H26ClFN2O5. The molecule has 33 heavy (non-hydrogen) atoms. The van der Waals surface area contributed by atoms with Gasteiger partial charge in [-0.1, -0.05) is 36.7 Å². The maximum absolute atomic E-state index is 14.7. The monoisotopic (exact) mass is 476 g/mol. The summed E-state index contributed by atoms with van der Waals surface area (Å²) in [7, 11) is 4.45. The molecule has 0 amide bonds. The van der Waals surface area contributed by atoms with Gasteiger partial charge in [-0.05, 0) is 19.5 Å². The van der Waals surface area contributed by atoms with Crippen LogP contribution in [-0.2, 0) is 4.79 Å². The first kappa shape index (κ1) is 23.5. The van der Waals surface area contributed by atoms with E-state index in [-0.39, 0.29) is 27.8 Å². The highest BCUT2D eigenvalue weighted by molar-refractivity contribution is 6.36. The van der Waals surface area contributed by atoms with Crippen LogP contribution in [0.1, 0.15) is 35.3 Å². The number of nitrogens with two attached hydrogens (primary N) is 1. The van der Waals surface area contributed by atoms with Crippen LogP contribution in [0.3, 0.4) is 0 Å². The Bertz CT molecular complexity index is 1130. The van der Waals surface area contributed by atoms with E-state index < -0.39 is 46.9 Å². The van der Waals surface area contributed by atoms with Gasteiger partial charge in [0.1, 0.15) is 27.9 Å². The number of ether oxygens (including phenoxy) is 3. The Morgan fingerprint density at radius 3 is 2.52 bits per heavy atom. The molecule has 1 spiro atoms. The van der Waals surface area contributed by atoms with Crippen molar-refractivity contribution in [1.82, 2.24) is 5.32 Å². The van der Waals surface area contributed by atoms with Gasteiger partial charge in [0.05, 0.1) is 20.1 Å². The van der Waals surface area contributed by atoms with E-state index >= 15 is 0 Å². The molecule has 0 aromatic heterocycles. The Morgan fingerprint density at radius 1 is 1.24 bits per heavy atom. The van der Waals surface area contributed by atoms with E-state index in [1.165, 1.54) is 26.4 Å². The first-order chi connectivity index (χ1) is 15.7. The topological polar surface area (TPSA) is 99.9 Å². The Labute approximate surface area is 196 Å². The highest BCUT2D eigenvalue weighted by Crippen LogP contribution is 2.54. The number of halogens is 2. The summed E-state index contributed by atoms with van der Waals surface area (Å²) in [5.74, 6) is -2.53. The van der Waals surface area contributed by atoms with Crippen molar-refractivity contribution in [2.24, 2.45) is 17.6 Å². The van der Waals surface area contributed by atoms with Crippen molar-refractivity contribution in [3.63, 3.8) is 0 Å². The fraction of sp³-hybridized carbons (Fsp3) is 0.417. The maximum atomic E-state index is 14.7. The lowest BCUT2D eigenvalue weighted by Crippen LogP contribution is -2.65. The van der Waals surface area contributed by atoms with Crippen LogP contribution in [0.4, 0.5) is 4.39 Å². The molecule has 1 aliphatic heterocycles. The Kier molecular flexibility index (Phi) is 6.11. The fourth-order valence-corrected chi connectivity index (χ4v) is 5.41. The molecule has 0 bridgehead atoms. The van der Waals surface area contributed by atoms with Crippen LogP contribution in [0.15, 0.2) is 30.3 Å². The van der Waals surface area contributed by atoms with Gasteiger partial charge in [-0.15, -0.1) is 0 Å². The number of carbonyl (C=O) groups is 2. The molecule has 2 aromatic carbocycles. The zero-order valence-corrected chi connectivity index (χ0v) is 19.5. The molecule has 1 saturated carbocycles. The Hall–Kier alpha value is -2.68. The lowest BCUT2D eigenvalue weighted by atomic mass is 9.63. The van der Waals surface area contributed by atoms with E-state index in [4.69, 9.17) is 31.5 Å². The second-order valence-corrected chi connectivity index (χ2v) is 8.82. The number of ketones is 2. The molecular weight excluding hydrogens is 451 g/mol. The predicted molar refractivity (Wildman–Crippen MR) is 121 cm³/mol. The molecule has 0 radical (unpaired) electrons. The number of nitrogens with one attached hydrogen (secondary N) is 1. The number of carbonyl (C=O) groups excluding carboxylic acids is 2. The highest BCUT2D eigenvalue weighted by Gasteiger charge is 2.65. The van der Waals surface area contributed by atoms with Crippen LogP contribution in [0, 0.1) is 17.7 Å². The van der Waals surface area contributed by atoms with Gasteiger partial charge in [-0.25, -0.2) is 4.39 Å². The molecule has 3 unspecified atom stereocenters. The van der Waals surface area contributed by atoms with Gasteiger partial charge in [0, 0.05) is 29.6 Å². The number of hydrogen-bond acceptors (Lipinski definition) is 7. The molecule has 176 valence electrons. The van der Waals surface area contributed by atoms with Gasteiger partial charge in [0.2, 0.25) is 11.4 Å². The molecule has 3 N–H and O–H groups in total. The van der Waals surface area contributed by atoms with Crippen molar-refractivity contribution in [2.75, 3.05) is 21.3 Å². The van der Waals surface area contributed by atoms with Crippen LogP contribution in [-0.4, -0.2) is 44.5 Å². The summed E-state index contributed by atoms with van der Waals surface area (Å²) in [6.45, 7) is 1.74. The van der Waals surface area contributed by atoms with Crippen molar-refractivity contribution in [2.45, 2.75) is 31.0 Å². The first-order valence-electron chi connectivity index (χ1n) is 10.6.